The van der Waals surface area contributed by atoms with Crippen LogP contribution in [0.3, 0.4) is 0 Å². The minimum absolute atomic E-state index is 0.0616. The number of carbonyl (C=O) groups is 3. The molecule has 0 fully saturated rings. The van der Waals surface area contributed by atoms with Crippen LogP contribution in [0.5, 0.6) is 0 Å². The Morgan fingerprint density at radius 1 is 0.731 bits per heavy atom. The van der Waals surface area contributed by atoms with Crippen molar-refractivity contribution in [2.45, 2.75) is 24.0 Å². The molecule has 9 nitrogen and oxygen atoms in total. The Bertz CT molecular complexity index is 2300. The maximum atomic E-state index is 13.7. The molecule has 260 valence electrons. The van der Waals surface area contributed by atoms with Crippen LogP contribution in [0, 0.1) is 6.92 Å². The smallest absolute Gasteiger partial charge is 0.295 e. The summed E-state index contributed by atoms with van der Waals surface area (Å²) in [6.45, 7) is 3.54. The second kappa shape index (κ2) is 16.1. The number of amides is 3. The Morgan fingerprint density at radius 3 is 2.02 bits per heavy atom. The fourth-order valence-electron chi connectivity index (χ4n) is 5.55. The van der Waals surface area contributed by atoms with Gasteiger partial charge in [-0.2, -0.15) is 0 Å². The third-order valence-corrected chi connectivity index (χ3v) is 9.53. The van der Waals surface area contributed by atoms with E-state index < -0.39 is 17.1 Å². The van der Waals surface area contributed by atoms with E-state index in [1.807, 2.05) is 97.1 Å². The van der Waals surface area contributed by atoms with Crippen LogP contribution in [0.1, 0.15) is 28.5 Å². The van der Waals surface area contributed by atoms with Crippen molar-refractivity contribution < 1.29 is 14.4 Å². The predicted molar refractivity (Wildman–Crippen MR) is 209 cm³/mol. The quantitative estimate of drug-likeness (QED) is 0.0945. The summed E-state index contributed by atoms with van der Waals surface area (Å²) < 4.78 is 3.22. The molecule has 0 saturated carbocycles. The van der Waals surface area contributed by atoms with Crippen molar-refractivity contribution >= 4 is 46.9 Å². The van der Waals surface area contributed by atoms with E-state index in [1.54, 1.807) is 74.1 Å². The van der Waals surface area contributed by atoms with Gasteiger partial charge in [-0.15, -0.1) is 11.8 Å². The Morgan fingerprint density at radius 2 is 1.35 bits per heavy atom. The zero-order valence-electron chi connectivity index (χ0n) is 28.9. The average molecular weight is 708 g/mol. The van der Waals surface area contributed by atoms with E-state index in [2.05, 4.69) is 16.0 Å². The zero-order valence-corrected chi connectivity index (χ0v) is 29.7. The minimum Gasteiger partial charge on any atom is -0.321 e. The van der Waals surface area contributed by atoms with Gasteiger partial charge in [0.2, 0.25) is 5.91 Å². The molecule has 6 rings (SSSR count). The summed E-state index contributed by atoms with van der Waals surface area (Å²) in [4.78, 5) is 54.2. The first-order valence-electron chi connectivity index (χ1n) is 16.6. The summed E-state index contributed by atoms with van der Waals surface area (Å²) >= 11 is 1.29. The largest absolute Gasteiger partial charge is 0.321 e. The highest BCUT2D eigenvalue weighted by Crippen LogP contribution is 2.27. The summed E-state index contributed by atoms with van der Waals surface area (Å²) in [7, 11) is 1.77. The van der Waals surface area contributed by atoms with Gasteiger partial charge >= 0.3 is 0 Å². The molecule has 0 aliphatic heterocycles. The van der Waals surface area contributed by atoms with Gasteiger partial charge in [-0.3, -0.25) is 23.9 Å². The highest BCUT2D eigenvalue weighted by atomic mass is 32.2. The molecule has 10 heteroatoms. The lowest BCUT2D eigenvalue weighted by atomic mass is 10.0. The Kier molecular flexibility index (Phi) is 11.0. The number of aromatic nitrogens is 2. The molecule has 0 aliphatic carbocycles. The number of thioether (sulfide) groups is 1. The first kappa shape index (κ1) is 35.4. The maximum absolute atomic E-state index is 13.7. The summed E-state index contributed by atoms with van der Waals surface area (Å²) in [5.74, 6) is -1.27. The first-order valence-corrected chi connectivity index (χ1v) is 17.5. The lowest BCUT2D eigenvalue weighted by molar-refractivity contribution is -0.115. The van der Waals surface area contributed by atoms with Gasteiger partial charge in [0.25, 0.3) is 17.4 Å². The van der Waals surface area contributed by atoms with E-state index in [9.17, 15) is 19.2 Å². The van der Waals surface area contributed by atoms with Crippen molar-refractivity contribution in [3.8, 4) is 16.8 Å². The number of nitrogens with zero attached hydrogens (tertiary/aromatic N) is 2. The molecule has 3 amide bonds. The fourth-order valence-corrected chi connectivity index (χ4v) is 6.48. The second-order valence-electron chi connectivity index (χ2n) is 12.0. The van der Waals surface area contributed by atoms with Gasteiger partial charge in [0.1, 0.15) is 11.4 Å². The topological polar surface area (TPSA) is 114 Å². The van der Waals surface area contributed by atoms with E-state index in [0.29, 0.717) is 22.6 Å². The van der Waals surface area contributed by atoms with Crippen LogP contribution >= 0.6 is 11.8 Å². The summed E-state index contributed by atoms with van der Waals surface area (Å²) in [5, 5.41) is 7.93. The van der Waals surface area contributed by atoms with Gasteiger partial charge in [0, 0.05) is 23.2 Å². The van der Waals surface area contributed by atoms with Crippen LogP contribution < -0.4 is 21.5 Å². The fraction of sp³-hybridized carbons (Fsp3) is 0.0952. The molecule has 5 aromatic carbocycles. The van der Waals surface area contributed by atoms with Gasteiger partial charge < -0.3 is 16.0 Å². The first-order chi connectivity index (χ1) is 25.2. The zero-order chi connectivity index (χ0) is 36.6. The third-order valence-electron chi connectivity index (χ3n) is 8.43. The third kappa shape index (κ3) is 8.31. The van der Waals surface area contributed by atoms with Gasteiger partial charge in [-0.1, -0.05) is 97.1 Å². The molecule has 0 aliphatic rings. The van der Waals surface area contributed by atoms with E-state index >= 15 is 0 Å². The minimum atomic E-state index is -0.574. The molecule has 1 aromatic heterocycles. The molecule has 6 aromatic rings. The number of benzene rings is 5. The van der Waals surface area contributed by atoms with Gasteiger partial charge in [-0.25, -0.2) is 4.68 Å². The van der Waals surface area contributed by atoms with E-state index in [4.69, 9.17) is 0 Å². The standard InChI is InChI=1S/C42H37N5O4S/c1-28-38(42(51)47(46(28)3)35-19-11-6-12-20-35)45-39(48)29(2)52-36-21-13-18-34(27-36)43-41(50)37(44-40(49)33-16-9-5-10-17-33)26-30-22-24-32(25-23-30)31-14-7-4-8-15-31/h4-27,29H,1-3H3,(H,43,50)(H,44,49)(H,45,48)/b37-26+. The Balaban J connectivity index is 1.17. The number of hydrogen-bond donors (Lipinski definition) is 3. The van der Waals surface area contributed by atoms with Crippen LogP contribution in [-0.2, 0) is 16.6 Å². The second-order valence-corrected chi connectivity index (χ2v) is 13.4. The Labute approximate surface area is 306 Å². The van der Waals surface area contributed by atoms with Crippen LogP contribution in [0.4, 0.5) is 11.4 Å². The van der Waals surface area contributed by atoms with Crippen LogP contribution in [0.2, 0.25) is 0 Å². The number of rotatable bonds is 11. The van der Waals surface area contributed by atoms with Crippen molar-refractivity contribution in [1.29, 1.82) is 0 Å². The molecule has 1 atom stereocenters. The van der Waals surface area contributed by atoms with E-state index in [0.717, 1.165) is 21.6 Å². The lowest BCUT2D eigenvalue weighted by Gasteiger charge is -2.14. The highest BCUT2D eigenvalue weighted by Gasteiger charge is 2.22. The average Bonchev–Trinajstić information content (AvgIpc) is 3.38. The highest BCUT2D eigenvalue weighted by molar-refractivity contribution is 8.00. The number of para-hydroxylation sites is 1. The Hall–Kier alpha value is -6.39. The van der Waals surface area contributed by atoms with Crippen LogP contribution in [-0.4, -0.2) is 32.3 Å². The summed E-state index contributed by atoms with van der Waals surface area (Å²) in [5.41, 5.74) is 4.99. The SMILES string of the molecule is Cc1c(NC(=O)C(C)Sc2cccc(NC(=O)/C(=C\c3ccc(-c4ccccc4)cc3)NC(=O)c3ccccc3)c2)c(=O)n(-c2ccccc2)n1C. The molecule has 52 heavy (non-hydrogen) atoms. The van der Waals surface area contributed by atoms with Crippen molar-refractivity contribution in [2.24, 2.45) is 7.05 Å². The number of carbonyl (C=O) groups excluding carboxylic acids is 3. The number of anilines is 2. The summed E-state index contributed by atoms with van der Waals surface area (Å²) in [6.07, 6.45) is 1.63. The predicted octanol–water partition coefficient (Wildman–Crippen LogP) is 7.68. The number of nitrogens with one attached hydrogen (secondary N) is 3. The molecule has 0 saturated heterocycles. The van der Waals surface area contributed by atoms with Gasteiger partial charge in [-0.05, 0) is 79.1 Å². The van der Waals surface area contributed by atoms with Crippen molar-refractivity contribution in [2.75, 3.05) is 10.6 Å². The molecular weight excluding hydrogens is 671 g/mol. The molecular formula is C42H37N5O4S. The normalized spacial score (nSPS) is 11.8. The van der Waals surface area contributed by atoms with Crippen molar-refractivity contribution in [3.63, 3.8) is 0 Å². The molecule has 3 N–H and O–H groups in total. The van der Waals surface area contributed by atoms with Crippen LogP contribution in [0.15, 0.2) is 155 Å². The van der Waals surface area contributed by atoms with Gasteiger partial charge in [0.15, 0.2) is 0 Å². The molecule has 1 unspecified atom stereocenters. The van der Waals surface area contributed by atoms with Crippen molar-refractivity contribution in [3.05, 3.63) is 172 Å². The molecule has 0 bridgehead atoms. The molecule has 1 heterocycles. The lowest BCUT2D eigenvalue weighted by Crippen LogP contribution is -2.30. The van der Waals surface area contributed by atoms with E-state index in [-0.39, 0.29) is 22.9 Å². The number of hydrogen-bond acceptors (Lipinski definition) is 5. The molecule has 0 spiro atoms. The summed E-state index contributed by atoms with van der Waals surface area (Å²) in [6, 6.07) is 42.7. The maximum Gasteiger partial charge on any atom is 0.295 e. The van der Waals surface area contributed by atoms with Crippen molar-refractivity contribution in [1.82, 2.24) is 14.7 Å². The monoisotopic (exact) mass is 707 g/mol. The molecule has 0 radical (unpaired) electrons. The van der Waals surface area contributed by atoms with Gasteiger partial charge in [0.05, 0.1) is 16.6 Å². The van der Waals surface area contributed by atoms with Crippen LogP contribution in [0.25, 0.3) is 22.9 Å². The van der Waals surface area contributed by atoms with E-state index in [1.165, 1.54) is 16.4 Å².